The summed E-state index contributed by atoms with van der Waals surface area (Å²) in [5.74, 6) is 2.98. The van der Waals surface area contributed by atoms with Gasteiger partial charge >= 0.3 is 12.1 Å². The Hall–Kier alpha value is -3.79. The second-order valence-corrected chi connectivity index (χ2v) is 18.0. The van der Waals surface area contributed by atoms with Crippen molar-refractivity contribution in [3.05, 3.63) is 17.0 Å². The highest BCUT2D eigenvalue weighted by molar-refractivity contribution is 7.15. The number of aromatic nitrogens is 4. The molecule has 1 N–H and O–H groups in total. The predicted octanol–water partition coefficient (Wildman–Crippen LogP) is 3.75. The van der Waals surface area contributed by atoms with E-state index in [0.29, 0.717) is 38.2 Å². The Labute approximate surface area is 344 Å². The molecule has 2 aromatic rings. The van der Waals surface area contributed by atoms with E-state index in [1.165, 1.54) is 23.1 Å². The van der Waals surface area contributed by atoms with E-state index in [2.05, 4.69) is 34.2 Å². The summed E-state index contributed by atoms with van der Waals surface area (Å²) in [7, 11) is 5.49. The van der Waals surface area contributed by atoms with Gasteiger partial charge in [0.25, 0.3) is 0 Å². The number of tetrazole rings is 1. The number of aliphatic hydroxyl groups is 1. The van der Waals surface area contributed by atoms with E-state index in [4.69, 9.17) is 28.7 Å². The van der Waals surface area contributed by atoms with Crippen LogP contribution in [0.1, 0.15) is 79.5 Å². The molecule has 4 aliphatic rings. The number of amides is 1. The first kappa shape index (κ1) is 43.8. The van der Waals surface area contributed by atoms with Crippen molar-refractivity contribution in [2.75, 3.05) is 33.8 Å². The maximum absolute atomic E-state index is 14.6. The van der Waals surface area contributed by atoms with Gasteiger partial charge in [-0.2, -0.15) is 4.80 Å². The van der Waals surface area contributed by atoms with Gasteiger partial charge in [-0.25, -0.2) is 4.79 Å². The summed E-state index contributed by atoms with van der Waals surface area (Å²) >= 11 is 1.43. The highest BCUT2D eigenvalue weighted by atomic mass is 32.1. The molecule has 4 aliphatic heterocycles. The zero-order valence-electron chi connectivity index (χ0n) is 35.5. The van der Waals surface area contributed by atoms with E-state index in [0.717, 1.165) is 15.5 Å². The maximum atomic E-state index is 14.6. The number of aryl methyl sites for hydroxylation is 1. The average Bonchev–Trinajstić information content (AvgIpc) is 3.86. The van der Waals surface area contributed by atoms with Gasteiger partial charge in [0.05, 0.1) is 47.2 Å². The number of aliphatic hydroxyl groups excluding tert-OH is 1. The lowest BCUT2D eigenvalue weighted by Gasteiger charge is -2.47. The maximum Gasteiger partial charge on any atom is 0.410 e. The lowest BCUT2D eigenvalue weighted by atomic mass is 9.73. The van der Waals surface area contributed by atoms with Crippen molar-refractivity contribution in [3.63, 3.8) is 0 Å². The minimum absolute atomic E-state index is 0.0416. The summed E-state index contributed by atoms with van der Waals surface area (Å²) in [4.78, 5) is 53.8. The normalized spacial score (nSPS) is 37.3. The number of rotatable bonds is 7. The number of fused-ring (bicyclic) bond motifs is 1. The molecule has 13 atom stereocenters. The molecular weight excluding hydrogens is 767 g/mol. The van der Waals surface area contributed by atoms with Gasteiger partial charge in [-0.05, 0) is 84.3 Å². The number of nitrogens with zero attached hydrogens (tertiary/aromatic N) is 7. The predicted molar refractivity (Wildman–Crippen MR) is 215 cm³/mol. The number of aliphatic imine (C=N–C) groups is 1. The van der Waals surface area contributed by atoms with Gasteiger partial charge in [-0.3, -0.25) is 19.5 Å². The third kappa shape index (κ3) is 8.60. The first-order chi connectivity index (χ1) is 27.4. The Morgan fingerprint density at radius 1 is 1.10 bits per heavy atom. The van der Waals surface area contributed by atoms with Gasteiger partial charge in [0.1, 0.15) is 24.7 Å². The standard InChI is InChI=1S/C41H59N7O9S/c1-12-30-41(8)34-24(4)31(42-17-18-48(34)39(52)57-41)22(2)21-40(7,53-19-13-14-27-15-16-29(58-27)36-43-45-47(11)44-36)35(25(5)32(49)26(6)37(51)55-30)56-38-33(50)28(46(9)10)20-23(3)54-38/h15-16,22-26,28,30,33-35,38,50H,12,17-21H2,1-11H3/t22-,23-,24+,25+,26-,28+,30+,33-,34-,35-,38+,40+,41-/m1/s1. The Balaban J connectivity index is 1.41. The summed E-state index contributed by atoms with van der Waals surface area (Å²) in [5, 5.41) is 24.0. The van der Waals surface area contributed by atoms with E-state index in [1.807, 2.05) is 65.7 Å². The number of thiophene rings is 1. The van der Waals surface area contributed by atoms with Crippen LogP contribution in [0.4, 0.5) is 4.79 Å². The van der Waals surface area contributed by atoms with Gasteiger partial charge in [-0.15, -0.1) is 21.5 Å². The largest absolute Gasteiger partial charge is 0.458 e. The molecule has 0 saturated carbocycles. The molecule has 6 rings (SSSR count). The van der Waals surface area contributed by atoms with Crippen LogP contribution in [0, 0.1) is 35.5 Å². The monoisotopic (exact) mass is 825 g/mol. The summed E-state index contributed by atoms with van der Waals surface area (Å²) in [6.45, 7) is 15.5. The van der Waals surface area contributed by atoms with Gasteiger partial charge < -0.3 is 33.7 Å². The summed E-state index contributed by atoms with van der Waals surface area (Å²) < 4.78 is 32.2. The fourth-order valence-corrected chi connectivity index (χ4v) is 10.3. The molecule has 0 spiro atoms. The number of ether oxygens (including phenoxy) is 5. The average molecular weight is 826 g/mol. The van der Waals surface area contributed by atoms with Gasteiger partial charge in [0.15, 0.2) is 17.7 Å². The zero-order chi connectivity index (χ0) is 42.3. The number of hydrogen-bond acceptors (Lipinski definition) is 15. The fourth-order valence-electron chi connectivity index (χ4n) is 9.48. The van der Waals surface area contributed by atoms with E-state index >= 15 is 0 Å². The Bertz CT molecular complexity index is 1920. The number of carbonyl (C=O) groups excluding carboxylic acids is 3. The third-order valence-electron chi connectivity index (χ3n) is 12.4. The first-order valence-electron chi connectivity index (χ1n) is 20.3. The minimum Gasteiger partial charge on any atom is -0.458 e. The van der Waals surface area contributed by atoms with Crippen LogP contribution >= 0.6 is 11.3 Å². The molecular formula is C41H59N7O9S. The van der Waals surface area contributed by atoms with Crippen LogP contribution in [0.2, 0.25) is 0 Å². The number of Topliss-reactive ketones (excluding diaryl/α,β-unsaturated/α-hetero) is 1. The fraction of sp³-hybridized carbons (Fsp3) is 0.732. The smallest absolute Gasteiger partial charge is 0.410 e. The van der Waals surface area contributed by atoms with Crippen LogP contribution in [-0.2, 0) is 40.3 Å². The molecule has 6 heterocycles. The molecule has 0 aliphatic carbocycles. The number of likely N-dealkylation sites (N-methyl/N-ethyl adjacent to an activating group) is 1. The minimum atomic E-state index is -1.26. The summed E-state index contributed by atoms with van der Waals surface area (Å²) in [5.41, 5.74) is -1.62. The van der Waals surface area contributed by atoms with Crippen LogP contribution in [0.5, 0.6) is 0 Å². The summed E-state index contributed by atoms with van der Waals surface area (Å²) in [6, 6.07) is 3.00. The SMILES string of the molecule is CC[C@@H]1OC(=O)[C@H](C)C(=O)[C@H](C)[C@@H](O[C@@H]2O[C@H](C)C[C@H](N(C)C)[C@H]2O)[C@@](C)(OCC#Cc2ccc(-c3nnn(C)n3)s2)C[C@@H](C)C2=NCCN3C(=O)O[C@@]1(C)[C@H]3[C@H]2C. The van der Waals surface area contributed by atoms with Gasteiger partial charge in [0, 0.05) is 30.1 Å². The highest BCUT2D eigenvalue weighted by Gasteiger charge is 2.60. The van der Waals surface area contributed by atoms with Crippen molar-refractivity contribution in [3.8, 4) is 22.5 Å². The number of carbonyl (C=O) groups is 3. The van der Waals surface area contributed by atoms with Crippen molar-refractivity contribution in [1.82, 2.24) is 30.0 Å². The van der Waals surface area contributed by atoms with Crippen LogP contribution in [0.3, 0.4) is 0 Å². The second kappa shape index (κ2) is 17.4. The third-order valence-corrected chi connectivity index (χ3v) is 13.4. The van der Waals surface area contributed by atoms with E-state index in [-0.39, 0.29) is 30.6 Å². The van der Waals surface area contributed by atoms with Crippen LogP contribution in [0.15, 0.2) is 17.1 Å². The van der Waals surface area contributed by atoms with Crippen molar-refractivity contribution in [1.29, 1.82) is 0 Å². The first-order valence-corrected chi connectivity index (χ1v) is 21.1. The van der Waals surface area contributed by atoms with E-state index < -0.39 is 71.5 Å². The van der Waals surface area contributed by atoms with Crippen molar-refractivity contribution in [2.45, 2.75) is 129 Å². The highest BCUT2D eigenvalue weighted by Crippen LogP contribution is 2.44. The number of cyclic esters (lactones) is 1. The van der Waals surface area contributed by atoms with Crippen LogP contribution < -0.4 is 0 Å². The van der Waals surface area contributed by atoms with Crippen molar-refractivity contribution < 1.29 is 43.2 Å². The zero-order valence-corrected chi connectivity index (χ0v) is 36.3. The van der Waals surface area contributed by atoms with Crippen molar-refractivity contribution in [2.24, 2.45) is 35.7 Å². The molecule has 2 bridgehead atoms. The van der Waals surface area contributed by atoms with Gasteiger partial charge in [0.2, 0.25) is 5.82 Å². The molecule has 3 saturated heterocycles. The quantitative estimate of drug-likeness (QED) is 0.243. The van der Waals surface area contributed by atoms with Crippen molar-refractivity contribution >= 4 is 34.9 Å². The molecule has 3 fully saturated rings. The van der Waals surface area contributed by atoms with E-state index in [9.17, 15) is 19.5 Å². The molecule has 17 heteroatoms. The number of ketones is 1. The van der Waals surface area contributed by atoms with Crippen LogP contribution in [0.25, 0.3) is 10.7 Å². The number of esters is 1. The molecule has 0 radical (unpaired) electrons. The lowest BCUT2D eigenvalue weighted by molar-refractivity contribution is -0.296. The molecule has 0 aromatic carbocycles. The Morgan fingerprint density at radius 3 is 2.52 bits per heavy atom. The molecule has 0 unspecified atom stereocenters. The topological polar surface area (TPSA) is 180 Å². The molecule has 2 aromatic heterocycles. The molecule has 58 heavy (non-hydrogen) atoms. The lowest BCUT2D eigenvalue weighted by Crippen LogP contribution is -2.60. The van der Waals surface area contributed by atoms with Gasteiger partial charge in [-0.1, -0.05) is 39.5 Å². The number of hydrogen-bond donors (Lipinski definition) is 1. The molecule has 1 amide bonds. The van der Waals surface area contributed by atoms with Crippen LogP contribution in [-0.4, -0.2) is 146 Å². The van der Waals surface area contributed by atoms with E-state index in [1.54, 1.807) is 18.9 Å². The molecule has 16 nitrogen and oxygen atoms in total. The Morgan fingerprint density at radius 2 is 1.84 bits per heavy atom. The molecule has 318 valence electrons. The summed E-state index contributed by atoms with van der Waals surface area (Å²) in [6.07, 6.45) is -3.53. The Kier molecular flexibility index (Phi) is 13.2. The second-order valence-electron chi connectivity index (χ2n) is 16.9.